The first-order chi connectivity index (χ1) is 8.04. The molecular formula is C9H13N5O3. The minimum atomic E-state index is -0.917. The summed E-state index contributed by atoms with van der Waals surface area (Å²) in [7, 11) is 0. The number of rotatable bonds is 3. The minimum absolute atomic E-state index is 0.0790. The lowest BCUT2D eigenvalue weighted by Gasteiger charge is -2.27. The van der Waals surface area contributed by atoms with Gasteiger partial charge in [-0.2, -0.15) is 5.21 Å². The third kappa shape index (κ3) is 1.97. The van der Waals surface area contributed by atoms with Gasteiger partial charge in [0.05, 0.1) is 5.41 Å². The molecule has 3 N–H and O–H groups in total. The number of aromatic nitrogens is 4. The molecule has 0 radical (unpaired) electrons. The van der Waals surface area contributed by atoms with E-state index in [1.807, 2.05) is 0 Å². The Morgan fingerprint density at radius 1 is 1.59 bits per heavy atom. The molecule has 0 aliphatic heterocycles. The van der Waals surface area contributed by atoms with Crippen molar-refractivity contribution in [3.8, 4) is 0 Å². The van der Waals surface area contributed by atoms with Gasteiger partial charge in [0.1, 0.15) is 0 Å². The monoisotopic (exact) mass is 239 g/mol. The summed E-state index contributed by atoms with van der Waals surface area (Å²) in [6.07, 6.45) is 1.98. The maximum atomic E-state index is 11.7. The zero-order chi connectivity index (χ0) is 12.5. The van der Waals surface area contributed by atoms with Crippen molar-refractivity contribution in [2.24, 2.45) is 5.41 Å². The van der Waals surface area contributed by atoms with Crippen LogP contribution >= 0.6 is 0 Å². The van der Waals surface area contributed by atoms with Crippen LogP contribution in [0.25, 0.3) is 0 Å². The molecule has 92 valence electrons. The van der Waals surface area contributed by atoms with Crippen molar-refractivity contribution in [2.75, 3.05) is 0 Å². The van der Waals surface area contributed by atoms with Crippen molar-refractivity contribution >= 4 is 11.9 Å². The number of amides is 1. The number of hydrogen-bond donors (Lipinski definition) is 3. The molecule has 0 spiro atoms. The molecule has 2 unspecified atom stereocenters. The normalized spacial score (nSPS) is 27.9. The van der Waals surface area contributed by atoms with Crippen LogP contribution in [0.15, 0.2) is 0 Å². The van der Waals surface area contributed by atoms with Crippen LogP contribution in [0.1, 0.15) is 36.8 Å². The lowest BCUT2D eigenvalue weighted by atomic mass is 9.85. The van der Waals surface area contributed by atoms with Gasteiger partial charge < -0.3 is 10.4 Å². The average Bonchev–Trinajstić information content (AvgIpc) is 2.89. The second kappa shape index (κ2) is 4.11. The van der Waals surface area contributed by atoms with Crippen LogP contribution in [0, 0.1) is 5.41 Å². The Bertz CT molecular complexity index is 432. The van der Waals surface area contributed by atoms with E-state index in [-0.39, 0.29) is 5.82 Å². The highest BCUT2D eigenvalue weighted by atomic mass is 16.4. The van der Waals surface area contributed by atoms with Gasteiger partial charge in [-0.3, -0.25) is 9.59 Å². The number of H-pyrrole nitrogens is 1. The number of tetrazole rings is 1. The van der Waals surface area contributed by atoms with Crippen LogP contribution in [0.3, 0.4) is 0 Å². The van der Waals surface area contributed by atoms with Gasteiger partial charge in [-0.1, -0.05) is 6.42 Å². The molecule has 1 saturated carbocycles. The van der Waals surface area contributed by atoms with E-state index >= 15 is 0 Å². The molecule has 17 heavy (non-hydrogen) atoms. The fourth-order valence-corrected chi connectivity index (χ4v) is 2.13. The van der Waals surface area contributed by atoms with Gasteiger partial charge in [-0.05, 0) is 25.0 Å². The van der Waals surface area contributed by atoms with Crippen molar-refractivity contribution in [3.05, 3.63) is 5.82 Å². The van der Waals surface area contributed by atoms with E-state index in [1.54, 1.807) is 6.92 Å². The van der Waals surface area contributed by atoms with Gasteiger partial charge in [0, 0.05) is 6.04 Å². The summed E-state index contributed by atoms with van der Waals surface area (Å²) in [6.45, 7) is 1.64. The summed E-state index contributed by atoms with van der Waals surface area (Å²) >= 11 is 0. The van der Waals surface area contributed by atoms with E-state index in [2.05, 4.69) is 25.9 Å². The van der Waals surface area contributed by atoms with E-state index in [1.165, 1.54) is 0 Å². The van der Waals surface area contributed by atoms with E-state index in [4.69, 9.17) is 0 Å². The number of hydrogen-bond acceptors (Lipinski definition) is 5. The number of carboxylic acids is 1. The van der Waals surface area contributed by atoms with Gasteiger partial charge in [-0.25, -0.2) is 0 Å². The largest absolute Gasteiger partial charge is 0.481 e. The molecule has 1 aromatic rings. The Morgan fingerprint density at radius 2 is 2.35 bits per heavy atom. The standard InChI is InChI=1S/C9H13N5O3/c1-9(8(16)17)4-2-3-5(9)10-7(15)6-11-13-14-12-6/h5H,2-4H2,1H3,(H,10,15)(H,16,17)(H,11,12,13,14). The molecule has 2 rings (SSSR count). The average molecular weight is 239 g/mol. The highest BCUT2D eigenvalue weighted by molar-refractivity contribution is 5.91. The second-order valence-electron chi connectivity index (χ2n) is 4.38. The molecule has 1 heterocycles. The first-order valence-corrected chi connectivity index (χ1v) is 5.32. The fourth-order valence-electron chi connectivity index (χ4n) is 2.13. The van der Waals surface area contributed by atoms with Gasteiger partial charge >= 0.3 is 5.97 Å². The van der Waals surface area contributed by atoms with E-state index in [9.17, 15) is 14.7 Å². The number of carbonyl (C=O) groups excluding carboxylic acids is 1. The Hall–Kier alpha value is -1.99. The molecule has 1 aliphatic rings. The van der Waals surface area contributed by atoms with Gasteiger partial charge in [-0.15, -0.1) is 10.2 Å². The van der Waals surface area contributed by atoms with Crippen molar-refractivity contribution in [3.63, 3.8) is 0 Å². The Kier molecular flexibility index (Phi) is 2.78. The number of aromatic amines is 1. The van der Waals surface area contributed by atoms with E-state index in [0.717, 1.165) is 6.42 Å². The fraction of sp³-hybridized carbons (Fsp3) is 0.667. The summed E-state index contributed by atoms with van der Waals surface area (Å²) in [5, 5.41) is 24.4. The molecule has 1 amide bonds. The van der Waals surface area contributed by atoms with Gasteiger partial charge in [0.15, 0.2) is 0 Å². The second-order valence-corrected chi connectivity index (χ2v) is 4.38. The lowest BCUT2D eigenvalue weighted by Crippen LogP contribution is -2.47. The number of nitrogens with zero attached hydrogens (tertiary/aromatic N) is 3. The summed E-state index contributed by atoms with van der Waals surface area (Å²) in [6, 6.07) is -0.397. The molecule has 1 fully saturated rings. The maximum Gasteiger partial charge on any atom is 0.311 e. The lowest BCUT2D eigenvalue weighted by molar-refractivity contribution is -0.148. The molecular weight excluding hydrogens is 226 g/mol. The molecule has 0 saturated heterocycles. The summed E-state index contributed by atoms with van der Waals surface area (Å²) in [4.78, 5) is 22.9. The number of nitrogens with one attached hydrogen (secondary N) is 2. The van der Waals surface area contributed by atoms with Crippen LogP contribution < -0.4 is 5.32 Å². The molecule has 8 heteroatoms. The highest BCUT2D eigenvalue weighted by Crippen LogP contribution is 2.38. The SMILES string of the molecule is CC1(C(=O)O)CCCC1NC(=O)c1nn[nH]n1. The van der Waals surface area contributed by atoms with Crippen molar-refractivity contribution in [1.29, 1.82) is 0 Å². The van der Waals surface area contributed by atoms with Gasteiger partial charge in [0.25, 0.3) is 11.7 Å². The molecule has 2 atom stereocenters. The Labute approximate surface area is 96.8 Å². The van der Waals surface area contributed by atoms with Crippen LogP contribution in [0.4, 0.5) is 0 Å². The maximum absolute atomic E-state index is 11.7. The van der Waals surface area contributed by atoms with Gasteiger partial charge in [0.2, 0.25) is 0 Å². The van der Waals surface area contributed by atoms with Crippen LogP contribution in [-0.4, -0.2) is 43.6 Å². The van der Waals surface area contributed by atoms with Crippen LogP contribution in [0.5, 0.6) is 0 Å². The quantitative estimate of drug-likeness (QED) is 0.658. The first-order valence-electron chi connectivity index (χ1n) is 5.32. The van der Waals surface area contributed by atoms with Crippen LogP contribution in [-0.2, 0) is 4.79 Å². The smallest absolute Gasteiger partial charge is 0.311 e. The van der Waals surface area contributed by atoms with Crippen molar-refractivity contribution in [1.82, 2.24) is 25.9 Å². The Balaban J connectivity index is 2.09. The van der Waals surface area contributed by atoms with Crippen molar-refractivity contribution in [2.45, 2.75) is 32.2 Å². The zero-order valence-electron chi connectivity index (χ0n) is 9.30. The van der Waals surface area contributed by atoms with Crippen molar-refractivity contribution < 1.29 is 14.7 Å². The molecule has 0 bridgehead atoms. The Morgan fingerprint density at radius 3 is 2.94 bits per heavy atom. The summed E-state index contributed by atoms with van der Waals surface area (Å²) in [5.41, 5.74) is -0.917. The number of carbonyl (C=O) groups is 2. The summed E-state index contributed by atoms with van der Waals surface area (Å²) < 4.78 is 0. The van der Waals surface area contributed by atoms with E-state index < -0.39 is 23.3 Å². The molecule has 8 nitrogen and oxygen atoms in total. The third-order valence-corrected chi connectivity index (χ3v) is 3.30. The molecule has 1 aromatic heterocycles. The minimum Gasteiger partial charge on any atom is -0.481 e. The topological polar surface area (TPSA) is 121 Å². The van der Waals surface area contributed by atoms with E-state index in [0.29, 0.717) is 12.8 Å². The molecule has 0 aromatic carbocycles. The predicted octanol–water partition coefficient (Wildman–Crippen LogP) is -0.427. The first kappa shape index (κ1) is 11.5. The third-order valence-electron chi connectivity index (χ3n) is 3.30. The molecule has 1 aliphatic carbocycles. The number of carboxylic acid groups (broad SMARTS) is 1. The number of aliphatic carboxylic acids is 1. The predicted molar refractivity (Wildman–Crippen MR) is 55.0 cm³/mol. The summed E-state index contributed by atoms with van der Waals surface area (Å²) in [5.74, 6) is -1.48. The highest BCUT2D eigenvalue weighted by Gasteiger charge is 2.46. The zero-order valence-corrected chi connectivity index (χ0v) is 9.30. The van der Waals surface area contributed by atoms with Crippen LogP contribution in [0.2, 0.25) is 0 Å².